The molecule has 0 fully saturated rings. The van der Waals surface area contributed by atoms with Crippen molar-refractivity contribution in [3.63, 3.8) is 0 Å². The fourth-order valence-electron chi connectivity index (χ4n) is 2.53. The fraction of sp³-hybridized carbons (Fsp3) is 0.158. The molecule has 3 aromatic rings. The van der Waals surface area contributed by atoms with Crippen molar-refractivity contribution in [2.45, 2.75) is 30.3 Å². The van der Waals surface area contributed by atoms with E-state index in [0.29, 0.717) is 16.6 Å². The Morgan fingerprint density at radius 3 is 2.64 bits per heavy atom. The van der Waals surface area contributed by atoms with E-state index in [9.17, 15) is 9.59 Å². The van der Waals surface area contributed by atoms with Crippen LogP contribution >= 0.6 is 23.4 Å². The molecule has 25 heavy (non-hydrogen) atoms. The highest BCUT2D eigenvalue weighted by molar-refractivity contribution is 7.99. The number of aromatic nitrogens is 2. The molecule has 0 spiro atoms. The van der Waals surface area contributed by atoms with Gasteiger partial charge >= 0.3 is 5.69 Å². The molecule has 1 aromatic heterocycles. The van der Waals surface area contributed by atoms with Gasteiger partial charge in [0.05, 0.1) is 11.6 Å². The van der Waals surface area contributed by atoms with Crippen LogP contribution in [0.1, 0.15) is 16.7 Å². The number of nitrogens with one attached hydrogen (secondary N) is 1. The Morgan fingerprint density at radius 1 is 1.08 bits per heavy atom. The summed E-state index contributed by atoms with van der Waals surface area (Å²) in [5.41, 5.74) is 2.44. The molecule has 0 aliphatic carbocycles. The second kappa shape index (κ2) is 7.33. The molecule has 0 radical (unpaired) electrons. The van der Waals surface area contributed by atoms with Gasteiger partial charge in [-0.25, -0.2) is 4.79 Å². The highest BCUT2D eigenvalue weighted by Gasteiger charge is 2.10. The second-order valence-corrected chi connectivity index (χ2v) is 7.38. The molecule has 4 nitrogen and oxygen atoms in total. The van der Waals surface area contributed by atoms with Gasteiger partial charge in [-0.2, -0.15) is 0 Å². The van der Waals surface area contributed by atoms with Crippen molar-refractivity contribution < 1.29 is 0 Å². The molecule has 0 saturated carbocycles. The van der Waals surface area contributed by atoms with Crippen LogP contribution in [-0.2, 0) is 6.54 Å². The molecule has 6 heteroatoms. The minimum atomic E-state index is -0.419. The average molecular weight is 373 g/mol. The first-order chi connectivity index (χ1) is 11.9. The van der Waals surface area contributed by atoms with E-state index >= 15 is 0 Å². The van der Waals surface area contributed by atoms with Crippen molar-refractivity contribution in [2.75, 3.05) is 0 Å². The van der Waals surface area contributed by atoms with Crippen LogP contribution in [-0.4, -0.2) is 9.55 Å². The summed E-state index contributed by atoms with van der Waals surface area (Å²) in [6, 6.07) is 14.9. The highest BCUT2D eigenvalue weighted by atomic mass is 35.5. The lowest BCUT2D eigenvalue weighted by Gasteiger charge is -2.14. The Kier molecular flexibility index (Phi) is 5.16. The molecule has 0 saturated heterocycles. The predicted molar refractivity (Wildman–Crippen MR) is 102 cm³/mol. The molecule has 2 aromatic carbocycles. The van der Waals surface area contributed by atoms with Crippen LogP contribution in [0.25, 0.3) is 0 Å². The Labute approximate surface area is 154 Å². The molecule has 0 bridgehead atoms. The lowest BCUT2D eigenvalue weighted by molar-refractivity contribution is 0.649. The summed E-state index contributed by atoms with van der Waals surface area (Å²) < 4.78 is 1.58. The maximum Gasteiger partial charge on any atom is 0.329 e. The summed E-state index contributed by atoms with van der Waals surface area (Å²) in [4.78, 5) is 27.4. The third-order valence-corrected chi connectivity index (χ3v) is 5.12. The molecule has 0 unspecified atom stereocenters. The number of hydrogen-bond donors (Lipinski definition) is 1. The summed E-state index contributed by atoms with van der Waals surface area (Å²) in [6.07, 6.45) is 0. The number of nitrogens with zero attached hydrogens (tertiary/aromatic N) is 1. The molecule has 3 rings (SSSR count). The number of rotatable bonds is 4. The molecule has 0 aliphatic rings. The van der Waals surface area contributed by atoms with Crippen LogP contribution in [0.2, 0.25) is 5.02 Å². The van der Waals surface area contributed by atoms with Gasteiger partial charge in [-0.15, -0.1) is 0 Å². The number of benzene rings is 2. The molecule has 0 atom stereocenters. The van der Waals surface area contributed by atoms with Crippen molar-refractivity contribution >= 4 is 23.4 Å². The first-order valence-electron chi connectivity index (χ1n) is 7.76. The van der Waals surface area contributed by atoms with E-state index in [-0.39, 0.29) is 0 Å². The number of aryl methyl sites for hydroxylation is 2. The zero-order chi connectivity index (χ0) is 18.0. The quantitative estimate of drug-likeness (QED) is 0.704. The van der Waals surface area contributed by atoms with Crippen LogP contribution in [0, 0.1) is 13.8 Å². The summed E-state index contributed by atoms with van der Waals surface area (Å²) >= 11 is 7.38. The standard InChI is InChI=1S/C19H17ClN2O2S/c1-12-6-7-13(2)14(8-12)11-22-18(10-17(23)21-19(22)24)25-16-5-3-4-15(20)9-16/h3-10H,11H2,1-2H3,(H,21,23,24). The van der Waals surface area contributed by atoms with E-state index in [1.54, 1.807) is 16.7 Å². The van der Waals surface area contributed by atoms with Gasteiger partial charge in [0.1, 0.15) is 0 Å². The molecule has 0 aliphatic heterocycles. The molecular weight excluding hydrogens is 356 g/mol. The SMILES string of the molecule is Cc1ccc(C)c(Cn2c(Sc3cccc(Cl)c3)cc(=O)[nH]c2=O)c1. The zero-order valence-corrected chi connectivity index (χ0v) is 15.4. The van der Waals surface area contributed by atoms with Gasteiger partial charge < -0.3 is 0 Å². The monoisotopic (exact) mass is 372 g/mol. The van der Waals surface area contributed by atoms with Crippen LogP contribution in [0.15, 0.2) is 68.0 Å². The van der Waals surface area contributed by atoms with Crippen LogP contribution in [0.3, 0.4) is 0 Å². The van der Waals surface area contributed by atoms with Crippen molar-refractivity contribution in [1.82, 2.24) is 9.55 Å². The predicted octanol–water partition coefficient (Wildman–Crippen LogP) is 4.01. The van der Waals surface area contributed by atoms with E-state index < -0.39 is 11.2 Å². The first kappa shape index (κ1) is 17.6. The normalized spacial score (nSPS) is 10.8. The third-order valence-electron chi connectivity index (χ3n) is 3.85. The zero-order valence-electron chi connectivity index (χ0n) is 13.9. The van der Waals surface area contributed by atoms with Gasteiger partial charge in [0.25, 0.3) is 5.56 Å². The number of H-pyrrole nitrogens is 1. The number of hydrogen-bond acceptors (Lipinski definition) is 3. The van der Waals surface area contributed by atoms with Crippen molar-refractivity contribution in [1.29, 1.82) is 0 Å². The molecule has 1 heterocycles. The molecule has 128 valence electrons. The summed E-state index contributed by atoms with van der Waals surface area (Å²) in [7, 11) is 0. The topological polar surface area (TPSA) is 54.9 Å². The van der Waals surface area contributed by atoms with Gasteiger partial charge in [-0.3, -0.25) is 14.3 Å². The Morgan fingerprint density at radius 2 is 1.88 bits per heavy atom. The van der Waals surface area contributed by atoms with Gasteiger partial charge in [0.15, 0.2) is 0 Å². The second-order valence-electron chi connectivity index (χ2n) is 5.85. The van der Waals surface area contributed by atoms with Crippen LogP contribution in [0.4, 0.5) is 0 Å². The van der Waals surface area contributed by atoms with Crippen LogP contribution in [0.5, 0.6) is 0 Å². The number of aromatic amines is 1. The largest absolute Gasteiger partial charge is 0.329 e. The van der Waals surface area contributed by atoms with E-state index in [2.05, 4.69) is 11.1 Å². The summed E-state index contributed by atoms with van der Waals surface area (Å²) in [6.45, 7) is 4.42. The summed E-state index contributed by atoms with van der Waals surface area (Å²) in [5.74, 6) is 0. The first-order valence-corrected chi connectivity index (χ1v) is 8.95. The van der Waals surface area contributed by atoms with E-state index in [4.69, 9.17) is 11.6 Å². The van der Waals surface area contributed by atoms with Crippen molar-refractivity contribution in [2.24, 2.45) is 0 Å². The highest BCUT2D eigenvalue weighted by Crippen LogP contribution is 2.28. The average Bonchev–Trinajstić information content (AvgIpc) is 2.54. The lowest BCUT2D eigenvalue weighted by atomic mass is 10.1. The molecular formula is C19H17ClN2O2S. The van der Waals surface area contributed by atoms with Gasteiger partial charge in [0, 0.05) is 16.0 Å². The van der Waals surface area contributed by atoms with Crippen molar-refractivity contribution in [3.8, 4) is 0 Å². The van der Waals surface area contributed by atoms with Crippen LogP contribution < -0.4 is 11.2 Å². The van der Waals surface area contributed by atoms with Gasteiger partial charge in [-0.1, -0.05) is 53.2 Å². The maximum absolute atomic E-state index is 12.4. The Bertz CT molecular complexity index is 1040. The molecule has 1 N–H and O–H groups in total. The smallest absolute Gasteiger partial charge is 0.283 e. The Hall–Kier alpha value is -2.24. The minimum absolute atomic E-state index is 0.395. The fourth-order valence-corrected chi connectivity index (χ4v) is 3.78. The van der Waals surface area contributed by atoms with E-state index in [1.807, 2.05) is 38.1 Å². The maximum atomic E-state index is 12.4. The lowest BCUT2D eigenvalue weighted by Crippen LogP contribution is -2.31. The van der Waals surface area contributed by atoms with Gasteiger partial charge in [0.2, 0.25) is 0 Å². The van der Waals surface area contributed by atoms with Gasteiger partial charge in [-0.05, 0) is 43.2 Å². The third kappa shape index (κ3) is 4.24. The summed E-state index contributed by atoms with van der Waals surface area (Å²) in [5, 5.41) is 1.19. The van der Waals surface area contributed by atoms with E-state index in [1.165, 1.54) is 17.8 Å². The van der Waals surface area contributed by atoms with Crippen molar-refractivity contribution in [3.05, 3.63) is 91.1 Å². The minimum Gasteiger partial charge on any atom is -0.283 e. The Balaban J connectivity index is 2.05. The molecule has 0 amide bonds. The van der Waals surface area contributed by atoms with E-state index in [0.717, 1.165) is 21.6 Å². The number of halogens is 1.